The van der Waals surface area contributed by atoms with E-state index < -0.39 is 0 Å². The Morgan fingerprint density at radius 2 is 2.04 bits per heavy atom. The number of nitrogens with zero attached hydrogens (tertiary/aromatic N) is 4. The second-order valence-corrected chi connectivity index (χ2v) is 9.03. The fourth-order valence-electron chi connectivity index (χ4n) is 4.31. The number of fused-ring (bicyclic) bond motifs is 1. The number of likely N-dealkylation sites (N-methyl/N-ethyl adjacent to an activating group) is 1. The largest absolute Gasteiger partial charge is 0.341 e. The Balaban J connectivity index is 1.31. The molecule has 26 heavy (non-hydrogen) atoms. The van der Waals surface area contributed by atoms with Gasteiger partial charge < -0.3 is 9.80 Å². The lowest BCUT2D eigenvalue weighted by Crippen LogP contribution is -2.54. The van der Waals surface area contributed by atoms with E-state index in [9.17, 15) is 9.59 Å². The van der Waals surface area contributed by atoms with Crippen molar-refractivity contribution in [3.05, 3.63) is 27.7 Å². The number of hydrogen-bond donors (Lipinski definition) is 0. The second-order valence-electron chi connectivity index (χ2n) is 7.93. The molecule has 4 rings (SSSR count). The molecule has 0 radical (unpaired) electrons. The maximum atomic E-state index is 12.3. The number of carbonyl (C=O) groups is 1. The van der Waals surface area contributed by atoms with Crippen LogP contribution in [0.25, 0.3) is 0 Å². The van der Waals surface area contributed by atoms with Crippen LogP contribution in [0, 0.1) is 5.92 Å². The van der Waals surface area contributed by atoms with Crippen LogP contribution in [0.4, 0.5) is 0 Å². The Labute approximate surface area is 158 Å². The summed E-state index contributed by atoms with van der Waals surface area (Å²) in [4.78, 5) is 28.7. The van der Waals surface area contributed by atoms with Crippen molar-refractivity contribution in [3.8, 4) is 0 Å². The molecule has 2 saturated heterocycles. The highest BCUT2D eigenvalue weighted by Gasteiger charge is 2.32. The number of rotatable bonds is 4. The van der Waals surface area contributed by atoms with Crippen LogP contribution in [0.5, 0.6) is 0 Å². The van der Waals surface area contributed by atoms with Crippen LogP contribution in [0.2, 0.25) is 0 Å². The first-order valence-corrected chi connectivity index (χ1v) is 10.9. The maximum Gasteiger partial charge on any atom is 0.267 e. The van der Waals surface area contributed by atoms with Gasteiger partial charge in [0, 0.05) is 63.3 Å². The molecule has 2 fully saturated rings. The van der Waals surface area contributed by atoms with E-state index in [-0.39, 0.29) is 11.5 Å². The molecule has 3 aliphatic heterocycles. The van der Waals surface area contributed by atoms with E-state index in [0.29, 0.717) is 18.4 Å². The third-order valence-electron chi connectivity index (χ3n) is 5.96. The van der Waals surface area contributed by atoms with Gasteiger partial charge in [0.1, 0.15) is 0 Å². The van der Waals surface area contributed by atoms with Crippen molar-refractivity contribution in [2.24, 2.45) is 5.92 Å². The van der Waals surface area contributed by atoms with Gasteiger partial charge in [0.25, 0.3) is 5.56 Å². The van der Waals surface area contributed by atoms with Crippen molar-refractivity contribution in [1.29, 1.82) is 0 Å². The first-order valence-electron chi connectivity index (χ1n) is 9.76. The van der Waals surface area contributed by atoms with Crippen molar-refractivity contribution >= 4 is 17.7 Å². The number of aryl methyl sites for hydroxylation is 1. The number of aromatic nitrogens is 2. The molecule has 0 aliphatic carbocycles. The van der Waals surface area contributed by atoms with Gasteiger partial charge in [-0.1, -0.05) is 6.42 Å². The van der Waals surface area contributed by atoms with Crippen molar-refractivity contribution in [2.75, 3.05) is 32.4 Å². The molecule has 6 nitrogen and oxygen atoms in total. The summed E-state index contributed by atoms with van der Waals surface area (Å²) in [6.45, 7) is 3.68. The van der Waals surface area contributed by atoms with E-state index >= 15 is 0 Å². The molecular formula is C19H28N4O2S. The molecule has 1 aromatic heterocycles. The minimum Gasteiger partial charge on any atom is -0.341 e. The standard InChI is InChI=1S/C19H28N4O2S/c1-21-16(4-2-3-5-18(21)24)12-22-9-14(10-22)11-23-19(25)8-15-13-26-7-6-17(15)20-23/h8,14,16H,2-7,9-13H2,1H3. The summed E-state index contributed by atoms with van der Waals surface area (Å²) >= 11 is 1.88. The Hall–Kier alpha value is -1.34. The average Bonchev–Trinajstić information content (AvgIpc) is 2.75. The normalized spacial score (nSPS) is 24.9. The van der Waals surface area contributed by atoms with Gasteiger partial charge in [-0.25, -0.2) is 4.68 Å². The van der Waals surface area contributed by atoms with Gasteiger partial charge in [0.05, 0.1) is 12.2 Å². The predicted molar refractivity (Wildman–Crippen MR) is 103 cm³/mol. The Kier molecular flexibility index (Phi) is 5.36. The highest BCUT2D eigenvalue weighted by Crippen LogP contribution is 2.24. The quantitative estimate of drug-likeness (QED) is 0.794. The third kappa shape index (κ3) is 3.83. The van der Waals surface area contributed by atoms with Gasteiger partial charge in [-0.05, 0) is 24.2 Å². The molecule has 1 unspecified atom stereocenters. The van der Waals surface area contributed by atoms with Crippen LogP contribution in [-0.4, -0.2) is 64.0 Å². The van der Waals surface area contributed by atoms with Crippen molar-refractivity contribution in [1.82, 2.24) is 19.6 Å². The van der Waals surface area contributed by atoms with Crippen molar-refractivity contribution < 1.29 is 4.79 Å². The van der Waals surface area contributed by atoms with Gasteiger partial charge in [-0.15, -0.1) is 0 Å². The first-order chi connectivity index (χ1) is 12.6. The molecular weight excluding hydrogens is 348 g/mol. The number of thioether (sulfide) groups is 1. The zero-order chi connectivity index (χ0) is 18.1. The fraction of sp³-hybridized carbons (Fsp3) is 0.737. The number of likely N-dealkylation sites (tertiary alicyclic amines) is 2. The highest BCUT2D eigenvalue weighted by atomic mass is 32.2. The minimum atomic E-state index is 0.0406. The average molecular weight is 377 g/mol. The maximum absolute atomic E-state index is 12.3. The van der Waals surface area contributed by atoms with Gasteiger partial charge in [0.2, 0.25) is 5.91 Å². The Morgan fingerprint density at radius 3 is 2.88 bits per heavy atom. The SMILES string of the molecule is CN1C(=O)CCCCC1CN1CC(Cn2nc3c(cc2=O)CSCC3)C1. The lowest BCUT2D eigenvalue weighted by atomic mass is 9.98. The van der Waals surface area contributed by atoms with Crippen LogP contribution < -0.4 is 5.56 Å². The van der Waals surface area contributed by atoms with Gasteiger partial charge in [-0.3, -0.25) is 9.59 Å². The molecule has 0 spiro atoms. The molecule has 3 aliphatic rings. The molecule has 0 N–H and O–H groups in total. The summed E-state index contributed by atoms with van der Waals surface area (Å²) in [6.07, 6.45) is 4.94. The first kappa shape index (κ1) is 18.0. The molecule has 1 amide bonds. The van der Waals surface area contributed by atoms with Gasteiger partial charge in [-0.2, -0.15) is 16.9 Å². The third-order valence-corrected chi connectivity index (χ3v) is 6.96. The fourth-order valence-corrected chi connectivity index (χ4v) is 5.26. The summed E-state index contributed by atoms with van der Waals surface area (Å²) in [6, 6.07) is 2.13. The zero-order valence-corrected chi connectivity index (χ0v) is 16.3. The summed E-state index contributed by atoms with van der Waals surface area (Å²) in [5, 5.41) is 4.63. The summed E-state index contributed by atoms with van der Waals surface area (Å²) < 4.78 is 1.68. The summed E-state index contributed by atoms with van der Waals surface area (Å²) in [5.74, 6) is 2.79. The van der Waals surface area contributed by atoms with Crippen LogP contribution in [0.1, 0.15) is 36.9 Å². The second kappa shape index (κ2) is 7.72. The van der Waals surface area contributed by atoms with E-state index in [1.165, 1.54) is 0 Å². The van der Waals surface area contributed by atoms with E-state index in [1.807, 2.05) is 23.7 Å². The minimum absolute atomic E-state index is 0.0406. The molecule has 0 aromatic carbocycles. The van der Waals surface area contributed by atoms with Crippen LogP contribution >= 0.6 is 11.8 Å². The van der Waals surface area contributed by atoms with E-state index in [0.717, 1.165) is 74.6 Å². The molecule has 4 heterocycles. The van der Waals surface area contributed by atoms with Crippen LogP contribution in [-0.2, 0) is 23.5 Å². The van der Waals surface area contributed by atoms with Crippen LogP contribution in [0.3, 0.4) is 0 Å². The molecule has 1 aromatic rings. The van der Waals surface area contributed by atoms with Gasteiger partial charge in [0.15, 0.2) is 0 Å². The Bertz CT molecular complexity index is 729. The number of carbonyl (C=O) groups excluding carboxylic acids is 1. The predicted octanol–water partition coefficient (Wildman–Crippen LogP) is 1.37. The monoisotopic (exact) mass is 376 g/mol. The van der Waals surface area contributed by atoms with E-state index in [1.54, 1.807) is 10.7 Å². The van der Waals surface area contributed by atoms with Crippen LogP contribution in [0.15, 0.2) is 10.9 Å². The van der Waals surface area contributed by atoms with Gasteiger partial charge >= 0.3 is 0 Å². The molecule has 0 bridgehead atoms. The van der Waals surface area contributed by atoms with Crippen molar-refractivity contribution in [2.45, 2.75) is 50.4 Å². The lowest BCUT2D eigenvalue weighted by molar-refractivity contribution is -0.132. The highest BCUT2D eigenvalue weighted by molar-refractivity contribution is 7.98. The molecule has 142 valence electrons. The van der Waals surface area contributed by atoms with E-state index in [4.69, 9.17) is 0 Å². The topological polar surface area (TPSA) is 58.4 Å². The number of hydrogen-bond acceptors (Lipinski definition) is 5. The summed E-state index contributed by atoms with van der Waals surface area (Å²) in [5.41, 5.74) is 2.27. The zero-order valence-electron chi connectivity index (χ0n) is 15.5. The molecule has 1 atom stereocenters. The smallest absolute Gasteiger partial charge is 0.267 e. The molecule has 0 saturated carbocycles. The molecule has 7 heteroatoms. The summed E-state index contributed by atoms with van der Waals surface area (Å²) in [7, 11) is 1.95. The Morgan fingerprint density at radius 1 is 1.19 bits per heavy atom. The van der Waals surface area contributed by atoms with Crippen molar-refractivity contribution in [3.63, 3.8) is 0 Å². The lowest BCUT2D eigenvalue weighted by Gasteiger charge is -2.42. The van der Waals surface area contributed by atoms with E-state index in [2.05, 4.69) is 10.00 Å². The number of amides is 1.